The van der Waals surface area contributed by atoms with E-state index in [1.54, 1.807) is 13.1 Å². The summed E-state index contributed by atoms with van der Waals surface area (Å²) in [4.78, 5) is 38.4. The molecule has 0 radical (unpaired) electrons. The van der Waals surface area contributed by atoms with Crippen molar-refractivity contribution in [3.63, 3.8) is 0 Å². The van der Waals surface area contributed by atoms with Gasteiger partial charge in [-0.1, -0.05) is 46.3 Å². The molecule has 1 amide bonds. The molecule has 1 N–H and O–H groups in total. The minimum atomic E-state index is -0.393. The van der Waals surface area contributed by atoms with Crippen LogP contribution in [-0.2, 0) is 13.6 Å². The lowest BCUT2D eigenvalue weighted by Gasteiger charge is -2.08. The molecular weight excluding hydrogens is 406 g/mol. The highest BCUT2D eigenvalue weighted by Crippen LogP contribution is 2.21. The van der Waals surface area contributed by atoms with Crippen molar-refractivity contribution in [3.8, 4) is 0 Å². The van der Waals surface area contributed by atoms with Gasteiger partial charge in [-0.2, -0.15) is 0 Å². The van der Waals surface area contributed by atoms with Crippen LogP contribution >= 0.6 is 27.3 Å². The molecule has 0 saturated heterocycles. The summed E-state index contributed by atoms with van der Waals surface area (Å²) in [6.45, 7) is 0.688. The van der Waals surface area contributed by atoms with Crippen LogP contribution in [0.25, 0.3) is 10.2 Å². The Morgan fingerprint density at radius 1 is 1.24 bits per heavy atom. The normalized spacial score (nSPS) is 11.0. The summed E-state index contributed by atoms with van der Waals surface area (Å²) < 4.78 is 2.62. The zero-order chi connectivity index (χ0) is 18.0. The molecule has 1 aromatic carbocycles. The van der Waals surface area contributed by atoms with Gasteiger partial charge < -0.3 is 5.32 Å². The van der Waals surface area contributed by atoms with E-state index in [2.05, 4.69) is 21.2 Å². The van der Waals surface area contributed by atoms with Crippen molar-refractivity contribution < 1.29 is 4.79 Å². The van der Waals surface area contributed by atoms with E-state index in [0.29, 0.717) is 27.0 Å². The van der Waals surface area contributed by atoms with Gasteiger partial charge in [-0.15, -0.1) is 11.3 Å². The van der Waals surface area contributed by atoms with Gasteiger partial charge in [0.2, 0.25) is 0 Å². The zero-order valence-electron chi connectivity index (χ0n) is 13.5. The Kier molecular flexibility index (Phi) is 5.19. The number of carbonyl (C=O) groups excluding carboxylic acids is 1. The number of nitrogens with one attached hydrogen (secondary N) is 1. The van der Waals surface area contributed by atoms with Gasteiger partial charge in [0.15, 0.2) is 0 Å². The van der Waals surface area contributed by atoms with Gasteiger partial charge in [0.25, 0.3) is 11.5 Å². The molecule has 0 bridgehead atoms. The number of thiophene rings is 1. The molecule has 8 heteroatoms. The predicted octanol–water partition coefficient (Wildman–Crippen LogP) is 1.93. The number of nitrogens with zero attached hydrogens (tertiary/aromatic N) is 2. The van der Waals surface area contributed by atoms with Crippen LogP contribution in [-0.4, -0.2) is 26.9 Å². The molecule has 0 atom stereocenters. The van der Waals surface area contributed by atoms with E-state index in [1.165, 1.54) is 9.13 Å². The van der Waals surface area contributed by atoms with Crippen molar-refractivity contribution in [2.45, 2.75) is 6.54 Å². The smallest absolute Gasteiger partial charge is 0.332 e. The van der Waals surface area contributed by atoms with E-state index in [0.717, 1.165) is 16.9 Å². The highest BCUT2D eigenvalue weighted by Gasteiger charge is 2.17. The number of aromatic nitrogens is 2. The molecular formula is C17H16BrN3O3S. The summed E-state index contributed by atoms with van der Waals surface area (Å²) in [5, 5.41) is 3.77. The zero-order valence-corrected chi connectivity index (χ0v) is 15.9. The molecule has 6 nitrogen and oxygen atoms in total. The summed E-state index contributed by atoms with van der Waals surface area (Å²) in [6, 6.07) is 10.9. The van der Waals surface area contributed by atoms with E-state index in [-0.39, 0.29) is 18.0 Å². The number of hydrogen-bond donors (Lipinski definition) is 1. The molecule has 0 spiro atoms. The molecule has 0 saturated carbocycles. The van der Waals surface area contributed by atoms with Gasteiger partial charge in [-0.05, 0) is 11.6 Å². The molecule has 0 unspecified atom stereocenters. The first-order valence-electron chi connectivity index (χ1n) is 7.64. The molecule has 2 aromatic heterocycles. The lowest BCUT2D eigenvalue weighted by Crippen LogP contribution is -2.38. The van der Waals surface area contributed by atoms with Crippen LogP contribution in [0.2, 0.25) is 0 Å². The topological polar surface area (TPSA) is 73.1 Å². The Morgan fingerprint density at radius 3 is 2.64 bits per heavy atom. The monoisotopic (exact) mass is 421 g/mol. The predicted molar refractivity (Wildman–Crippen MR) is 103 cm³/mol. The Bertz CT molecular complexity index is 1040. The maximum Gasteiger partial charge on any atom is 0.332 e. The quantitative estimate of drug-likeness (QED) is 0.639. The summed E-state index contributed by atoms with van der Waals surface area (Å²) in [6.07, 6.45) is 0. The third-order valence-electron chi connectivity index (χ3n) is 3.80. The van der Waals surface area contributed by atoms with Crippen molar-refractivity contribution in [2.24, 2.45) is 7.05 Å². The third kappa shape index (κ3) is 3.45. The van der Waals surface area contributed by atoms with E-state index < -0.39 is 5.69 Å². The number of benzene rings is 1. The van der Waals surface area contributed by atoms with E-state index in [9.17, 15) is 14.4 Å². The number of amides is 1. The highest BCUT2D eigenvalue weighted by molar-refractivity contribution is 9.09. The molecule has 0 aliphatic rings. The lowest BCUT2D eigenvalue weighted by atomic mass is 10.2. The number of carbonyl (C=O) groups is 1. The van der Waals surface area contributed by atoms with Gasteiger partial charge >= 0.3 is 5.69 Å². The van der Waals surface area contributed by atoms with E-state index in [1.807, 2.05) is 30.3 Å². The molecule has 0 aliphatic carbocycles. The van der Waals surface area contributed by atoms with Crippen LogP contribution in [0, 0.1) is 0 Å². The first-order chi connectivity index (χ1) is 12.0. The second-order valence-electron chi connectivity index (χ2n) is 5.49. The second kappa shape index (κ2) is 7.37. The molecule has 2 heterocycles. The average molecular weight is 422 g/mol. The van der Waals surface area contributed by atoms with Gasteiger partial charge in [0.05, 0.1) is 16.8 Å². The Labute approximate surface area is 155 Å². The van der Waals surface area contributed by atoms with Crippen LogP contribution in [0.3, 0.4) is 0 Å². The number of halogens is 1. The summed E-state index contributed by atoms with van der Waals surface area (Å²) in [7, 11) is 1.61. The van der Waals surface area contributed by atoms with Gasteiger partial charge in [0.1, 0.15) is 4.83 Å². The lowest BCUT2D eigenvalue weighted by molar-refractivity contribution is 0.0960. The van der Waals surface area contributed by atoms with Crippen LogP contribution in [0.4, 0.5) is 0 Å². The van der Waals surface area contributed by atoms with Crippen LogP contribution in [0.5, 0.6) is 0 Å². The maximum atomic E-state index is 12.8. The number of rotatable bonds is 5. The Hall–Kier alpha value is -2.19. The van der Waals surface area contributed by atoms with Crippen LogP contribution < -0.4 is 16.6 Å². The molecule has 0 aliphatic heterocycles. The van der Waals surface area contributed by atoms with E-state index >= 15 is 0 Å². The molecule has 3 aromatic rings. The van der Waals surface area contributed by atoms with Crippen molar-refractivity contribution in [1.82, 2.24) is 14.5 Å². The summed E-state index contributed by atoms with van der Waals surface area (Å²) >= 11 is 4.40. The second-order valence-corrected chi connectivity index (χ2v) is 7.32. The average Bonchev–Trinajstić information content (AvgIpc) is 3.08. The molecule has 130 valence electrons. The standard InChI is InChI=1S/C17H16BrN3O3S/c1-20-16-12(9-13(25-16)14(22)19-8-7-18)15(23)21(17(20)24)10-11-5-3-2-4-6-11/h2-6,9H,7-8,10H2,1H3,(H,19,22). The van der Waals surface area contributed by atoms with Gasteiger partial charge in [-0.25, -0.2) is 4.79 Å². The third-order valence-corrected chi connectivity index (χ3v) is 5.40. The van der Waals surface area contributed by atoms with Crippen molar-refractivity contribution in [2.75, 3.05) is 11.9 Å². The first-order valence-corrected chi connectivity index (χ1v) is 9.58. The Morgan fingerprint density at radius 2 is 1.96 bits per heavy atom. The molecule has 0 fully saturated rings. The summed E-state index contributed by atoms with van der Waals surface area (Å²) in [5.41, 5.74) is 0.0972. The number of hydrogen-bond acceptors (Lipinski definition) is 4. The van der Waals surface area contributed by atoms with Gasteiger partial charge in [0, 0.05) is 18.9 Å². The van der Waals surface area contributed by atoms with Crippen molar-refractivity contribution in [1.29, 1.82) is 0 Å². The largest absolute Gasteiger partial charge is 0.351 e. The minimum absolute atomic E-state index is 0.198. The number of fused-ring (bicyclic) bond motifs is 1. The van der Waals surface area contributed by atoms with E-state index in [4.69, 9.17) is 0 Å². The number of alkyl halides is 1. The fourth-order valence-electron chi connectivity index (χ4n) is 2.55. The van der Waals surface area contributed by atoms with Crippen LogP contribution in [0.1, 0.15) is 15.2 Å². The first kappa shape index (κ1) is 17.6. The number of aryl methyl sites for hydroxylation is 1. The fourth-order valence-corrected chi connectivity index (χ4v) is 3.77. The Balaban J connectivity index is 2.10. The molecule has 25 heavy (non-hydrogen) atoms. The van der Waals surface area contributed by atoms with Crippen molar-refractivity contribution >= 4 is 43.4 Å². The fraction of sp³-hybridized carbons (Fsp3) is 0.235. The SMILES string of the molecule is Cn1c(=O)n(Cc2ccccc2)c(=O)c2cc(C(=O)NCCBr)sc21. The van der Waals surface area contributed by atoms with Gasteiger partial charge in [-0.3, -0.25) is 18.7 Å². The summed E-state index contributed by atoms with van der Waals surface area (Å²) in [5.74, 6) is -0.248. The van der Waals surface area contributed by atoms with Crippen molar-refractivity contribution in [3.05, 3.63) is 67.7 Å². The highest BCUT2D eigenvalue weighted by atomic mass is 79.9. The minimum Gasteiger partial charge on any atom is -0.351 e. The molecule has 3 rings (SSSR count). The van der Waals surface area contributed by atoms with Crippen LogP contribution in [0.15, 0.2) is 46.0 Å². The maximum absolute atomic E-state index is 12.8.